The Bertz CT molecular complexity index is 724. The topological polar surface area (TPSA) is 114 Å². The summed E-state index contributed by atoms with van der Waals surface area (Å²) in [6, 6.07) is 7.74. The van der Waals surface area contributed by atoms with E-state index in [9.17, 15) is 14.4 Å². The molecule has 1 atom stereocenters. The number of fused-ring (bicyclic) bond motifs is 1. The molecule has 0 aliphatic heterocycles. The van der Waals surface area contributed by atoms with Gasteiger partial charge in [0.25, 0.3) is 5.91 Å². The zero-order chi connectivity index (χ0) is 16.1. The van der Waals surface area contributed by atoms with Crippen LogP contribution in [-0.2, 0) is 9.59 Å². The molecule has 0 radical (unpaired) electrons. The van der Waals surface area contributed by atoms with Crippen molar-refractivity contribution in [2.45, 2.75) is 12.5 Å². The molecule has 0 saturated heterocycles. The molecule has 0 saturated carbocycles. The van der Waals surface area contributed by atoms with Crippen LogP contribution in [0.25, 0.3) is 10.9 Å². The van der Waals surface area contributed by atoms with E-state index in [0.717, 1.165) is 5.39 Å². The van der Waals surface area contributed by atoms with Gasteiger partial charge >= 0.3 is 0 Å². The molecule has 3 amide bonds. The summed E-state index contributed by atoms with van der Waals surface area (Å²) in [6.07, 6.45) is 1.31. The van der Waals surface area contributed by atoms with Crippen LogP contribution in [0.15, 0.2) is 36.5 Å². The molecule has 2 rings (SSSR count). The third kappa shape index (κ3) is 3.38. The van der Waals surface area contributed by atoms with Gasteiger partial charge in [-0.15, -0.1) is 0 Å². The Kier molecular flexibility index (Phi) is 4.67. The maximum Gasteiger partial charge on any atom is 0.254 e. The maximum absolute atomic E-state index is 12.4. The Balaban J connectivity index is 2.29. The second-order valence-electron chi connectivity index (χ2n) is 4.69. The molecule has 0 aliphatic rings. The summed E-state index contributed by atoms with van der Waals surface area (Å²) in [4.78, 5) is 39.3. The van der Waals surface area contributed by atoms with Crippen LogP contribution in [0.2, 0.25) is 0 Å². The number of hydrogen-bond acceptors (Lipinski definition) is 4. The zero-order valence-electron chi connectivity index (χ0n) is 12.0. The SMILES string of the molecule is CNC(=O)[C@H](CC(N)=O)NC(=O)c1cccc2cccnc12. The van der Waals surface area contributed by atoms with Crippen molar-refractivity contribution >= 4 is 28.6 Å². The van der Waals surface area contributed by atoms with Crippen LogP contribution in [0.5, 0.6) is 0 Å². The number of nitrogens with one attached hydrogen (secondary N) is 2. The van der Waals surface area contributed by atoms with E-state index in [1.165, 1.54) is 7.05 Å². The lowest BCUT2D eigenvalue weighted by molar-refractivity contribution is -0.126. The zero-order valence-corrected chi connectivity index (χ0v) is 12.0. The number of likely N-dealkylation sites (N-methyl/N-ethyl adjacent to an activating group) is 1. The minimum Gasteiger partial charge on any atom is -0.370 e. The van der Waals surface area contributed by atoms with Crippen molar-refractivity contribution in [3.8, 4) is 0 Å². The van der Waals surface area contributed by atoms with Gasteiger partial charge in [0.05, 0.1) is 17.5 Å². The van der Waals surface area contributed by atoms with Crippen LogP contribution in [0.3, 0.4) is 0 Å². The van der Waals surface area contributed by atoms with Gasteiger partial charge in [-0.05, 0) is 12.1 Å². The number of pyridine rings is 1. The van der Waals surface area contributed by atoms with E-state index < -0.39 is 23.8 Å². The fourth-order valence-corrected chi connectivity index (χ4v) is 2.11. The number of aromatic nitrogens is 1. The first-order valence-electron chi connectivity index (χ1n) is 6.67. The summed E-state index contributed by atoms with van der Waals surface area (Å²) < 4.78 is 0. The normalized spacial score (nSPS) is 11.7. The Morgan fingerprint density at radius 3 is 2.64 bits per heavy atom. The monoisotopic (exact) mass is 300 g/mol. The fourth-order valence-electron chi connectivity index (χ4n) is 2.11. The average molecular weight is 300 g/mol. The van der Waals surface area contributed by atoms with Crippen LogP contribution in [0, 0.1) is 0 Å². The van der Waals surface area contributed by atoms with Gasteiger partial charge in [-0.1, -0.05) is 18.2 Å². The maximum atomic E-state index is 12.4. The van der Waals surface area contributed by atoms with Gasteiger partial charge in [-0.2, -0.15) is 0 Å². The third-order valence-corrected chi connectivity index (χ3v) is 3.15. The smallest absolute Gasteiger partial charge is 0.254 e. The van der Waals surface area contributed by atoms with Crippen molar-refractivity contribution in [1.82, 2.24) is 15.6 Å². The molecular weight excluding hydrogens is 284 g/mol. The second-order valence-corrected chi connectivity index (χ2v) is 4.69. The molecule has 1 heterocycles. The Morgan fingerprint density at radius 1 is 1.23 bits per heavy atom. The van der Waals surface area contributed by atoms with Gasteiger partial charge in [-0.3, -0.25) is 19.4 Å². The molecule has 0 aliphatic carbocycles. The summed E-state index contributed by atoms with van der Waals surface area (Å²) in [5.41, 5.74) is 5.96. The van der Waals surface area contributed by atoms with Crippen LogP contribution < -0.4 is 16.4 Å². The van der Waals surface area contributed by atoms with E-state index in [1.807, 2.05) is 12.1 Å². The largest absolute Gasteiger partial charge is 0.370 e. The van der Waals surface area contributed by atoms with Crippen molar-refractivity contribution in [2.24, 2.45) is 5.73 Å². The molecule has 0 spiro atoms. The van der Waals surface area contributed by atoms with Gasteiger partial charge in [0.2, 0.25) is 11.8 Å². The highest BCUT2D eigenvalue weighted by Crippen LogP contribution is 2.16. The molecule has 0 unspecified atom stereocenters. The van der Waals surface area contributed by atoms with Crippen LogP contribution >= 0.6 is 0 Å². The summed E-state index contributed by atoms with van der Waals surface area (Å²) in [5, 5.41) is 5.71. The van der Waals surface area contributed by atoms with E-state index >= 15 is 0 Å². The molecule has 1 aromatic carbocycles. The van der Waals surface area contributed by atoms with Gasteiger partial charge < -0.3 is 16.4 Å². The molecular formula is C15H16N4O3. The molecule has 0 fully saturated rings. The van der Waals surface area contributed by atoms with Gasteiger partial charge in [0.15, 0.2) is 0 Å². The predicted molar refractivity (Wildman–Crippen MR) is 80.9 cm³/mol. The number of para-hydroxylation sites is 1. The number of nitrogens with zero attached hydrogens (tertiary/aromatic N) is 1. The molecule has 2 aromatic rings. The number of nitrogens with two attached hydrogens (primary N) is 1. The summed E-state index contributed by atoms with van der Waals surface area (Å²) in [7, 11) is 1.42. The van der Waals surface area contributed by atoms with Gasteiger partial charge in [-0.25, -0.2) is 0 Å². The molecule has 1 aromatic heterocycles. The lowest BCUT2D eigenvalue weighted by Gasteiger charge is -2.16. The van der Waals surface area contributed by atoms with Crippen LogP contribution in [0.1, 0.15) is 16.8 Å². The second kappa shape index (κ2) is 6.66. The van der Waals surface area contributed by atoms with Crippen molar-refractivity contribution in [3.05, 3.63) is 42.1 Å². The van der Waals surface area contributed by atoms with Crippen LogP contribution in [-0.4, -0.2) is 35.8 Å². The molecule has 4 N–H and O–H groups in total. The molecule has 7 nitrogen and oxygen atoms in total. The lowest BCUT2D eigenvalue weighted by Crippen LogP contribution is -2.47. The summed E-state index contributed by atoms with van der Waals surface area (Å²) in [6.45, 7) is 0. The number of carbonyl (C=O) groups is 3. The van der Waals surface area contributed by atoms with Crippen molar-refractivity contribution in [2.75, 3.05) is 7.05 Å². The first-order valence-corrected chi connectivity index (χ1v) is 6.67. The Hall–Kier alpha value is -2.96. The third-order valence-electron chi connectivity index (χ3n) is 3.15. The first-order chi connectivity index (χ1) is 10.5. The van der Waals surface area contributed by atoms with E-state index in [1.54, 1.807) is 24.4 Å². The molecule has 7 heteroatoms. The quantitative estimate of drug-likeness (QED) is 0.718. The standard InChI is InChI=1S/C15H16N4O3/c1-17-15(22)11(8-12(16)20)19-14(21)10-6-2-4-9-5-3-7-18-13(9)10/h2-7,11H,8H2,1H3,(H2,16,20)(H,17,22)(H,19,21)/t11-/m0/s1. The van der Waals surface area contributed by atoms with Crippen molar-refractivity contribution < 1.29 is 14.4 Å². The molecule has 0 bridgehead atoms. The number of carbonyl (C=O) groups excluding carboxylic acids is 3. The van der Waals surface area contributed by atoms with Gasteiger partial charge in [0, 0.05) is 18.6 Å². The minimum atomic E-state index is -1.02. The van der Waals surface area contributed by atoms with E-state index in [4.69, 9.17) is 5.73 Å². The number of hydrogen-bond donors (Lipinski definition) is 3. The first kappa shape index (κ1) is 15.4. The minimum absolute atomic E-state index is 0.274. The highest BCUT2D eigenvalue weighted by Gasteiger charge is 2.23. The molecule has 22 heavy (non-hydrogen) atoms. The Morgan fingerprint density at radius 2 is 1.95 bits per heavy atom. The highest BCUT2D eigenvalue weighted by molar-refractivity contribution is 6.07. The number of amides is 3. The fraction of sp³-hybridized carbons (Fsp3) is 0.200. The van der Waals surface area contributed by atoms with Crippen molar-refractivity contribution in [3.63, 3.8) is 0 Å². The van der Waals surface area contributed by atoms with E-state index in [-0.39, 0.29) is 6.42 Å². The highest BCUT2D eigenvalue weighted by atomic mass is 16.2. The predicted octanol–water partition coefficient (Wildman–Crippen LogP) is -0.0454. The summed E-state index contributed by atoms with van der Waals surface area (Å²) >= 11 is 0. The van der Waals surface area contributed by atoms with E-state index in [0.29, 0.717) is 11.1 Å². The van der Waals surface area contributed by atoms with Crippen molar-refractivity contribution in [1.29, 1.82) is 0 Å². The van der Waals surface area contributed by atoms with Gasteiger partial charge in [0.1, 0.15) is 6.04 Å². The number of primary amides is 1. The number of rotatable bonds is 5. The van der Waals surface area contributed by atoms with Crippen LogP contribution in [0.4, 0.5) is 0 Å². The number of benzene rings is 1. The molecule has 114 valence electrons. The Labute approximate surface area is 126 Å². The lowest BCUT2D eigenvalue weighted by atomic mass is 10.1. The van der Waals surface area contributed by atoms with E-state index in [2.05, 4.69) is 15.6 Å². The summed E-state index contributed by atoms with van der Waals surface area (Å²) in [5.74, 6) is -1.65. The average Bonchev–Trinajstić information content (AvgIpc) is 2.52.